The Balaban J connectivity index is 1.96. The van der Waals surface area contributed by atoms with Crippen molar-refractivity contribution in [3.8, 4) is 0 Å². The molecule has 10 heavy (non-hydrogen) atoms. The van der Waals surface area contributed by atoms with Gasteiger partial charge in [0, 0.05) is 13.1 Å². The van der Waals surface area contributed by atoms with Gasteiger partial charge in [-0.25, -0.2) is 0 Å². The van der Waals surface area contributed by atoms with Crippen molar-refractivity contribution in [1.82, 2.24) is 5.32 Å². The molecule has 0 bridgehead atoms. The average Bonchev–Trinajstić information content (AvgIpc) is 1.85. The molecule has 0 aromatic carbocycles. The van der Waals surface area contributed by atoms with Crippen LogP contribution < -0.4 is 5.32 Å². The van der Waals surface area contributed by atoms with Crippen LogP contribution in [0.3, 0.4) is 0 Å². The lowest BCUT2D eigenvalue weighted by Gasteiger charge is -2.47. The van der Waals surface area contributed by atoms with Gasteiger partial charge in [0.2, 0.25) is 0 Å². The van der Waals surface area contributed by atoms with E-state index in [1.807, 2.05) is 0 Å². The monoisotopic (exact) mass is 139 g/mol. The van der Waals surface area contributed by atoms with Crippen molar-refractivity contribution < 1.29 is 0 Å². The minimum Gasteiger partial charge on any atom is -0.316 e. The summed E-state index contributed by atoms with van der Waals surface area (Å²) in [5.74, 6) is 0.996. The fraction of sp³-hybridized carbons (Fsp3) is 1.00. The van der Waals surface area contributed by atoms with Crippen molar-refractivity contribution >= 4 is 0 Å². The summed E-state index contributed by atoms with van der Waals surface area (Å²) in [4.78, 5) is 0. The molecule has 2 aliphatic rings. The van der Waals surface area contributed by atoms with Crippen LogP contribution in [0.4, 0.5) is 0 Å². The Hall–Kier alpha value is -0.0400. The summed E-state index contributed by atoms with van der Waals surface area (Å²) in [6.07, 6.45) is 5.93. The van der Waals surface area contributed by atoms with E-state index in [1.165, 1.54) is 38.8 Å². The van der Waals surface area contributed by atoms with Gasteiger partial charge in [-0.05, 0) is 24.2 Å². The molecule has 1 atom stereocenters. The minimum atomic E-state index is 0.762. The molecule has 0 aromatic rings. The predicted octanol–water partition coefficient (Wildman–Crippen LogP) is 1.79. The molecule has 1 spiro atoms. The molecular weight excluding hydrogens is 122 g/mol. The molecule has 1 heterocycles. The van der Waals surface area contributed by atoms with Gasteiger partial charge >= 0.3 is 0 Å². The number of nitrogens with one attached hydrogen (secondary N) is 1. The van der Waals surface area contributed by atoms with Crippen LogP contribution in [-0.4, -0.2) is 13.1 Å². The van der Waals surface area contributed by atoms with Gasteiger partial charge in [-0.3, -0.25) is 0 Å². The first-order chi connectivity index (χ1) is 4.81. The smallest absolute Gasteiger partial charge is 0.00203 e. The van der Waals surface area contributed by atoms with E-state index in [0.717, 1.165) is 11.3 Å². The Morgan fingerprint density at radius 1 is 1.40 bits per heavy atom. The van der Waals surface area contributed by atoms with Crippen molar-refractivity contribution in [1.29, 1.82) is 0 Å². The van der Waals surface area contributed by atoms with E-state index in [0.29, 0.717) is 0 Å². The predicted molar refractivity (Wildman–Crippen MR) is 42.9 cm³/mol. The van der Waals surface area contributed by atoms with Crippen molar-refractivity contribution in [3.63, 3.8) is 0 Å². The Bertz CT molecular complexity index is 127. The Morgan fingerprint density at radius 2 is 2.20 bits per heavy atom. The molecule has 1 aliphatic heterocycles. The van der Waals surface area contributed by atoms with Crippen molar-refractivity contribution in [2.24, 2.45) is 11.3 Å². The van der Waals surface area contributed by atoms with Crippen LogP contribution in [0, 0.1) is 11.3 Å². The topological polar surface area (TPSA) is 12.0 Å². The molecule has 1 unspecified atom stereocenters. The highest BCUT2D eigenvalue weighted by Gasteiger charge is 2.39. The molecular formula is C9H17N. The number of hydrogen-bond donors (Lipinski definition) is 1. The highest BCUT2D eigenvalue weighted by Crippen LogP contribution is 2.41. The minimum absolute atomic E-state index is 0.762. The fourth-order valence-electron chi connectivity index (χ4n) is 2.57. The summed E-state index contributed by atoms with van der Waals surface area (Å²) in [7, 11) is 0. The molecule has 0 aromatic heterocycles. The molecule has 2 fully saturated rings. The largest absolute Gasteiger partial charge is 0.316 e. The first-order valence-corrected chi connectivity index (χ1v) is 4.52. The van der Waals surface area contributed by atoms with Crippen LogP contribution in [0.2, 0.25) is 0 Å². The van der Waals surface area contributed by atoms with Crippen LogP contribution in [0.25, 0.3) is 0 Å². The standard InChI is InChI=1S/C9H17N/c1-8-3-2-4-9(5-8)6-10-7-9/h8,10H,2-7H2,1H3. The maximum atomic E-state index is 3.39. The van der Waals surface area contributed by atoms with Crippen LogP contribution >= 0.6 is 0 Å². The zero-order chi connectivity index (χ0) is 7.03. The highest BCUT2D eigenvalue weighted by molar-refractivity contribution is 4.95. The van der Waals surface area contributed by atoms with E-state index in [4.69, 9.17) is 0 Å². The van der Waals surface area contributed by atoms with Crippen molar-refractivity contribution in [2.75, 3.05) is 13.1 Å². The van der Waals surface area contributed by atoms with Gasteiger partial charge < -0.3 is 5.32 Å². The van der Waals surface area contributed by atoms with Crippen LogP contribution in [-0.2, 0) is 0 Å². The van der Waals surface area contributed by atoms with Gasteiger partial charge in [0.15, 0.2) is 0 Å². The first kappa shape index (κ1) is 6.66. The highest BCUT2D eigenvalue weighted by atomic mass is 15.0. The lowest BCUT2D eigenvalue weighted by Crippen LogP contribution is -2.55. The van der Waals surface area contributed by atoms with E-state index >= 15 is 0 Å². The summed E-state index contributed by atoms with van der Waals surface area (Å²) >= 11 is 0. The van der Waals surface area contributed by atoms with Gasteiger partial charge in [0.1, 0.15) is 0 Å². The Labute approximate surface area is 63.2 Å². The van der Waals surface area contributed by atoms with Crippen molar-refractivity contribution in [2.45, 2.75) is 32.6 Å². The van der Waals surface area contributed by atoms with E-state index in [2.05, 4.69) is 12.2 Å². The van der Waals surface area contributed by atoms with Gasteiger partial charge in [-0.15, -0.1) is 0 Å². The van der Waals surface area contributed by atoms with Gasteiger partial charge in [0.25, 0.3) is 0 Å². The summed E-state index contributed by atoms with van der Waals surface area (Å²) in [5.41, 5.74) is 0.762. The molecule has 1 N–H and O–H groups in total. The van der Waals surface area contributed by atoms with E-state index in [9.17, 15) is 0 Å². The normalized spacial score (nSPS) is 37.5. The van der Waals surface area contributed by atoms with Crippen LogP contribution in [0.15, 0.2) is 0 Å². The second-order valence-corrected chi connectivity index (χ2v) is 4.31. The third-order valence-electron chi connectivity index (χ3n) is 3.19. The van der Waals surface area contributed by atoms with Crippen LogP contribution in [0.5, 0.6) is 0 Å². The third kappa shape index (κ3) is 0.968. The van der Waals surface area contributed by atoms with E-state index in [1.54, 1.807) is 0 Å². The fourth-order valence-corrected chi connectivity index (χ4v) is 2.57. The zero-order valence-corrected chi connectivity index (χ0v) is 6.82. The molecule has 1 saturated carbocycles. The summed E-state index contributed by atoms with van der Waals surface area (Å²) in [5, 5.41) is 3.39. The lowest BCUT2D eigenvalue weighted by atomic mass is 9.66. The molecule has 1 heteroatoms. The summed E-state index contributed by atoms with van der Waals surface area (Å²) in [6.45, 7) is 5.01. The number of hydrogen-bond acceptors (Lipinski definition) is 1. The molecule has 1 nitrogen and oxygen atoms in total. The molecule has 2 rings (SSSR count). The van der Waals surface area contributed by atoms with E-state index in [-0.39, 0.29) is 0 Å². The zero-order valence-electron chi connectivity index (χ0n) is 6.82. The molecule has 1 aliphatic carbocycles. The van der Waals surface area contributed by atoms with Gasteiger partial charge in [-0.1, -0.05) is 19.8 Å². The SMILES string of the molecule is CC1CCCC2(CNC2)C1. The first-order valence-electron chi connectivity index (χ1n) is 4.52. The average molecular weight is 139 g/mol. The molecule has 0 amide bonds. The van der Waals surface area contributed by atoms with Crippen LogP contribution in [0.1, 0.15) is 32.6 Å². The van der Waals surface area contributed by atoms with Gasteiger partial charge in [0.05, 0.1) is 0 Å². The van der Waals surface area contributed by atoms with E-state index < -0.39 is 0 Å². The quantitative estimate of drug-likeness (QED) is 0.539. The molecule has 58 valence electrons. The molecule has 0 radical (unpaired) electrons. The Morgan fingerprint density at radius 3 is 2.60 bits per heavy atom. The summed E-state index contributed by atoms with van der Waals surface area (Å²) in [6, 6.07) is 0. The third-order valence-corrected chi connectivity index (χ3v) is 3.19. The van der Waals surface area contributed by atoms with Gasteiger partial charge in [-0.2, -0.15) is 0 Å². The molecule has 1 saturated heterocycles. The maximum Gasteiger partial charge on any atom is 0.00203 e. The van der Waals surface area contributed by atoms with Crippen molar-refractivity contribution in [3.05, 3.63) is 0 Å². The Kier molecular flexibility index (Phi) is 1.48. The second kappa shape index (κ2) is 2.23. The lowest BCUT2D eigenvalue weighted by molar-refractivity contribution is 0.0781. The number of rotatable bonds is 0. The second-order valence-electron chi connectivity index (χ2n) is 4.31. The summed E-state index contributed by atoms with van der Waals surface area (Å²) < 4.78 is 0. The maximum absolute atomic E-state index is 3.39.